The van der Waals surface area contributed by atoms with Gasteiger partial charge in [0.1, 0.15) is 17.1 Å². The molecule has 0 spiro atoms. The van der Waals surface area contributed by atoms with Crippen molar-refractivity contribution in [3.63, 3.8) is 0 Å². The highest BCUT2D eigenvalue weighted by atomic mass is 19.4. The number of halogens is 3. The summed E-state index contributed by atoms with van der Waals surface area (Å²) in [5.41, 5.74) is 1.47. The van der Waals surface area contributed by atoms with Crippen molar-refractivity contribution >= 4 is 34.3 Å². The summed E-state index contributed by atoms with van der Waals surface area (Å²) in [6, 6.07) is 14.6. The Bertz CT molecular complexity index is 1760. The van der Waals surface area contributed by atoms with E-state index in [-0.39, 0.29) is 29.5 Å². The van der Waals surface area contributed by atoms with E-state index in [9.17, 15) is 27.6 Å². The van der Waals surface area contributed by atoms with E-state index in [4.69, 9.17) is 9.84 Å². The van der Waals surface area contributed by atoms with Gasteiger partial charge in [0.2, 0.25) is 11.8 Å². The summed E-state index contributed by atoms with van der Waals surface area (Å²) >= 11 is 0. The number of hydrogen-bond acceptors (Lipinski definition) is 7. The number of piperidine rings is 2. The Morgan fingerprint density at radius 3 is 2.58 bits per heavy atom. The first-order valence-electron chi connectivity index (χ1n) is 14.7. The number of methoxy groups -OCH3 is 1. The molecule has 2 aromatic heterocycles. The molecule has 2 aliphatic heterocycles. The number of benzene rings is 2. The van der Waals surface area contributed by atoms with E-state index in [0.717, 1.165) is 54.6 Å². The van der Waals surface area contributed by atoms with E-state index in [0.29, 0.717) is 36.3 Å². The molecule has 2 fully saturated rings. The second-order valence-corrected chi connectivity index (χ2v) is 11.3. The number of alkyl halides is 3. The van der Waals surface area contributed by atoms with E-state index in [1.54, 1.807) is 12.1 Å². The molecule has 2 saturated heterocycles. The standard InChI is InChI=1S/C32H31F3N6O4/c1-45-27-16-25-20(15-26(27)37-31(44)24-7-4-8-28(36-24)32(33,34)35)18-41(39-25)21-11-13-40(14-12-21)17-19-5-2-3-6-22(19)23-9-10-29(42)38-30(23)43/h2-8,15-16,18,21,23H,9-14,17H2,1H3,(H,37,44)(H,38,42,43). The second-order valence-electron chi connectivity index (χ2n) is 11.3. The number of hydrogen-bond donors (Lipinski definition) is 2. The lowest BCUT2D eigenvalue weighted by molar-refractivity contribution is -0.141. The molecule has 3 amide bonds. The average molecular weight is 621 g/mol. The molecule has 1 atom stereocenters. The minimum Gasteiger partial charge on any atom is -0.494 e. The number of amides is 3. The summed E-state index contributed by atoms with van der Waals surface area (Å²) in [6.07, 6.45) is -0.244. The number of pyridine rings is 1. The minimum absolute atomic E-state index is 0.136. The molecule has 45 heavy (non-hydrogen) atoms. The maximum atomic E-state index is 13.1. The van der Waals surface area contributed by atoms with Gasteiger partial charge in [-0.05, 0) is 48.6 Å². The highest BCUT2D eigenvalue weighted by Crippen LogP contribution is 2.34. The summed E-state index contributed by atoms with van der Waals surface area (Å²) in [7, 11) is 1.43. The van der Waals surface area contributed by atoms with Gasteiger partial charge in [0, 0.05) is 43.7 Å². The monoisotopic (exact) mass is 620 g/mol. The lowest BCUT2D eigenvalue weighted by Crippen LogP contribution is -2.40. The van der Waals surface area contributed by atoms with Crippen LogP contribution in [-0.2, 0) is 22.3 Å². The number of ether oxygens (including phenoxy) is 1. The quantitative estimate of drug-likeness (QED) is 0.277. The number of aromatic nitrogens is 3. The third kappa shape index (κ3) is 6.53. The Morgan fingerprint density at radius 1 is 1.07 bits per heavy atom. The van der Waals surface area contributed by atoms with Crippen LogP contribution >= 0.6 is 0 Å². The van der Waals surface area contributed by atoms with Crippen molar-refractivity contribution in [2.45, 2.75) is 50.4 Å². The molecule has 0 radical (unpaired) electrons. The molecule has 4 heterocycles. The maximum absolute atomic E-state index is 13.1. The first-order chi connectivity index (χ1) is 21.6. The molecule has 0 saturated carbocycles. The number of nitrogens with zero attached hydrogens (tertiary/aromatic N) is 4. The number of nitrogens with one attached hydrogen (secondary N) is 2. The zero-order valence-electron chi connectivity index (χ0n) is 24.4. The zero-order valence-corrected chi connectivity index (χ0v) is 24.4. The van der Waals surface area contributed by atoms with Crippen LogP contribution in [0.5, 0.6) is 5.75 Å². The topological polar surface area (TPSA) is 118 Å². The van der Waals surface area contributed by atoms with Gasteiger partial charge in [0.05, 0.1) is 30.3 Å². The molecule has 1 unspecified atom stereocenters. The number of anilines is 1. The van der Waals surface area contributed by atoms with Gasteiger partial charge < -0.3 is 10.1 Å². The molecule has 4 aromatic rings. The lowest BCUT2D eigenvalue weighted by Gasteiger charge is -2.33. The van der Waals surface area contributed by atoms with Gasteiger partial charge in [-0.1, -0.05) is 30.3 Å². The van der Waals surface area contributed by atoms with E-state index in [2.05, 4.69) is 20.5 Å². The fraction of sp³-hybridized carbons (Fsp3) is 0.344. The van der Waals surface area contributed by atoms with Crippen LogP contribution in [0.15, 0.2) is 60.8 Å². The number of carbonyl (C=O) groups is 3. The maximum Gasteiger partial charge on any atom is 0.433 e. The number of imide groups is 1. The van der Waals surface area contributed by atoms with Crippen LogP contribution in [0.2, 0.25) is 0 Å². The van der Waals surface area contributed by atoms with Gasteiger partial charge in [0.15, 0.2) is 0 Å². The summed E-state index contributed by atoms with van der Waals surface area (Å²) in [4.78, 5) is 42.8. The zero-order chi connectivity index (χ0) is 31.7. The Kier molecular flexibility index (Phi) is 8.28. The Hall–Kier alpha value is -4.78. The Morgan fingerprint density at radius 2 is 1.84 bits per heavy atom. The fourth-order valence-corrected chi connectivity index (χ4v) is 6.02. The number of rotatable bonds is 7. The second kappa shape index (κ2) is 12.3. The third-order valence-electron chi connectivity index (χ3n) is 8.36. The predicted molar refractivity (Wildman–Crippen MR) is 159 cm³/mol. The first kappa shape index (κ1) is 30.3. The third-order valence-corrected chi connectivity index (χ3v) is 8.36. The van der Waals surface area contributed by atoms with Gasteiger partial charge in [-0.25, -0.2) is 4.98 Å². The molecular formula is C32H31F3N6O4. The molecule has 2 aromatic carbocycles. The van der Waals surface area contributed by atoms with Crippen LogP contribution < -0.4 is 15.4 Å². The Balaban J connectivity index is 1.13. The van der Waals surface area contributed by atoms with Crippen LogP contribution in [0.1, 0.15) is 65.0 Å². The number of carbonyl (C=O) groups excluding carboxylic acids is 3. The van der Waals surface area contributed by atoms with Gasteiger partial charge in [-0.3, -0.25) is 29.3 Å². The van der Waals surface area contributed by atoms with Crippen LogP contribution in [0.25, 0.3) is 10.9 Å². The van der Waals surface area contributed by atoms with Crippen LogP contribution in [0, 0.1) is 0 Å². The van der Waals surface area contributed by atoms with Crippen molar-refractivity contribution in [1.29, 1.82) is 0 Å². The molecule has 0 aliphatic carbocycles. The molecule has 2 N–H and O–H groups in total. The number of fused-ring (bicyclic) bond motifs is 1. The van der Waals surface area contributed by atoms with Gasteiger partial charge in [-0.2, -0.15) is 18.3 Å². The summed E-state index contributed by atoms with van der Waals surface area (Å²) in [5, 5.41) is 10.6. The highest BCUT2D eigenvalue weighted by Gasteiger charge is 2.33. The fourth-order valence-electron chi connectivity index (χ4n) is 6.02. The van der Waals surface area contributed by atoms with E-state index < -0.39 is 17.8 Å². The predicted octanol–water partition coefficient (Wildman–Crippen LogP) is 5.07. The molecular weight excluding hydrogens is 589 g/mol. The molecule has 10 nitrogen and oxygen atoms in total. The van der Waals surface area contributed by atoms with Crippen molar-refractivity contribution in [3.05, 3.63) is 83.3 Å². The molecule has 6 rings (SSSR count). The molecule has 234 valence electrons. The molecule has 2 aliphatic rings. The van der Waals surface area contributed by atoms with Crippen LogP contribution in [0.3, 0.4) is 0 Å². The van der Waals surface area contributed by atoms with Crippen LogP contribution in [-0.4, -0.2) is 57.6 Å². The van der Waals surface area contributed by atoms with Gasteiger partial charge >= 0.3 is 6.18 Å². The average Bonchev–Trinajstić information content (AvgIpc) is 3.44. The van der Waals surface area contributed by atoms with Crippen molar-refractivity contribution in [3.8, 4) is 5.75 Å². The molecule has 0 bridgehead atoms. The lowest BCUT2D eigenvalue weighted by atomic mass is 9.87. The largest absolute Gasteiger partial charge is 0.494 e. The minimum atomic E-state index is -4.67. The van der Waals surface area contributed by atoms with Crippen LogP contribution in [0.4, 0.5) is 18.9 Å². The SMILES string of the molecule is COc1cc2nn(C3CCN(Cc4ccccc4C4CCC(=O)NC4=O)CC3)cc2cc1NC(=O)c1cccc(C(F)(F)F)n1. The summed E-state index contributed by atoms with van der Waals surface area (Å²) in [5.74, 6) is -1.28. The summed E-state index contributed by atoms with van der Waals surface area (Å²) < 4.78 is 46.6. The van der Waals surface area contributed by atoms with Crippen molar-refractivity contribution in [2.24, 2.45) is 0 Å². The van der Waals surface area contributed by atoms with Gasteiger partial charge in [0.25, 0.3) is 5.91 Å². The highest BCUT2D eigenvalue weighted by molar-refractivity contribution is 6.05. The van der Waals surface area contributed by atoms with Gasteiger partial charge in [-0.15, -0.1) is 0 Å². The van der Waals surface area contributed by atoms with E-state index in [1.165, 1.54) is 13.2 Å². The first-order valence-corrected chi connectivity index (χ1v) is 14.7. The smallest absolute Gasteiger partial charge is 0.433 e. The molecule has 13 heteroatoms. The van der Waals surface area contributed by atoms with E-state index >= 15 is 0 Å². The number of likely N-dealkylation sites (tertiary alicyclic amines) is 1. The summed E-state index contributed by atoms with van der Waals surface area (Å²) in [6.45, 7) is 2.33. The normalized spacial score (nSPS) is 18.2. The Labute approximate surface area is 256 Å². The van der Waals surface area contributed by atoms with Crippen molar-refractivity contribution in [2.75, 3.05) is 25.5 Å². The van der Waals surface area contributed by atoms with Crippen molar-refractivity contribution < 1.29 is 32.3 Å². The van der Waals surface area contributed by atoms with E-state index in [1.807, 2.05) is 35.1 Å². The van der Waals surface area contributed by atoms with Crippen molar-refractivity contribution in [1.82, 2.24) is 25.0 Å².